The normalized spacial score (nSPS) is 15.4. The SMILES string of the molecule is CC(=O)N1CCCN(C(=O)c2ccc(C#N)cc2)CC1. The van der Waals surface area contributed by atoms with Crippen LogP contribution in [0.15, 0.2) is 24.3 Å². The smallest absolute Gasteiger partial charge is 0.253 e. The lowest BCUT2D eigenvalue weighted by Gasteiger charge is -2.21. The van der Waals surface area contributed by atoms with Crippen LogP contribution in [0.4, 0.5) is 0 Å². The first-order chi connectivity index (χ1) is 9.61. The lowest BCUT2D eigenvalue weighted by Crippen LogP contribution is -2.36. The van der Waals surface area contributed by atoms with Gasteiger partial charge in [-0.3, -0.25) is 9.59 Å². The van der Waals surface area contributed by atoms with Gasteiger partial charge in [-0.1, -0.05) is 0 Å². The molecule has 0 unspecified atom stereocenters. The molecule has 0 spiro atoms. The van der Waals surface area contributed by atoms with Gasteiger partial charge in [-0.05, 0) is 30.7 Å². The van der Waals surface area contributed by atoms with Crippen molar-refractivity contribution in [2.24, 2.45) is 0 Å². The summed E-state index contributed by atoms with van der Waals surface area (Å²) >= 11 is 0. The van der Waals surface area contributed by atoms with Crippen molar-refractivity contribution < 1.29 is 9.59 Å². The van der Waals surface area contributed by atoms with Gasteiger partial charge in [0.15, 0.2) is 0 Å². The number of hydrogen-bond acceptors (Lipinski definition) is 3. The van der Waals surface area contributed by atoms with Crippen LogP contribution in [0.25, 0.3) is 0 Å². The fourth-order valence-electron chi connectivity index (χ4n) is 2.31. The molecule has 0 N–H and O–H groups in total. The zero-order valence-electron chi connectivity index (χ0n) is 11.5. The van der Waals surface area contributed by atoms with Crippen LogP contribution in [-0.2, 0) is 4.79 Å². The third-order valence-electron chi connectivity index (χ3n) is 3.49. The number of amides is 2. The van der Waals surface area contributed by atoms with Gasteiger partial charge in [-0.2, -0.15) is 5.26 Å². The molecule has 0 saturated carbocycles. The van der Waals surface area contributed by atoms with Crippen LogP contribution in [-0.4, -0.2) is 47.8 Å². The summed E-state index contributed by atoms with van der Waals surface area (Å²) < 4.78 is 0. The molecule has 2 rings (SSSR count). The fourth-order valence-corrected chi connectivity index (χ4v) is 2.31. The first kappa shape index (κ1) is 14.1. The predicted molar refractivity (Wildman–Crippen MR) is 73.9 cm³/mol. The number of hydrogen-bond donors (Lipinski definition) is 0. The molecule has 0 aromatic heterocycles. The van der Waals surface area contributed by atoms with Gasteiger partial charge >= 0.3 is 0 Å². The Kier molecular flexibility index (Phi) is 4.36. The molecule has 0 aliphatic carbocycles. The van der Waals surface area contributed by atoms with E-state index in [4.69, 9.17) is 5.26 Å². The predicted octanol–water partition coefficient (Wildman–Crippen LogP) is 1.25. The summed E-state index contributed by atoms with van der Waals surface area (Å²) in [5.41, 5.74) is 1.13. The van der Waals surface area contributed by atoms with E-state index in [1.807, 2.05) is 6.07 Å². The van der Waals surface area contributed by atoms with Gasteiger partial charge in [0.25, 0.3) is 5.91 Å². The van der Waals surface area contributed by atoms with Crippen LogP contribution < -0.4 is 0 Å². The highest BCUT2D eigenvalue weighted by Crippen LogP contribution is 2.10. The van der Waals surface area contributed by atoms with Crippen LogP contribution >= 0.6 is 0 Å². The Hall–Kier alpha value is -2.35. The van der Waals surface area contributed by atoms with Gasteiger partial charge in [-0.25, -0.2) is 0 Å². The molecule has 1 fully saturated rings. The number of carbonyl (C=O) groups excluding carboxylic acids is 2. The summed E-state index contributed by atoms with van der Waals surface area (Å²) in [6.07, 6.45) is 0.793. The molecule has 1 saturated heterocycles. The lowest BCUT2D eigenvalue weighted by molar-refractivity contribution is -0.128. The second kappa shape index (κ2) is 6.20. The van der Waals surface area contributed by atoms with Crippen molar-refractivity contribution in [3.8, 4) is 6.07 Å². The van der Waals surface area contributed by atoms with Gasteiger partial charge < -0.3 is 9.80 Å². The first-order valence-electron chi connectivity index (χ1n) is 6.67. The quantitative estimate of drug-likeness (QED) is 0.772. The van der Waals surface area contributed by atoms with Gasteiger partial charge in [0, 0.05) is 38.7 Å². The fraction of sp³-hybridized carbons (Fsp3) is 0.400. The van der Waals surface area contributed by atoms with Gasteiger partial charge in [0.05, 0.1) is 11.6 Å². The third-order valence-corrected chi connectivity index (χ3v) is 3.49. The molecule has 1 aliphatic rings. The second-order valence-corrected chi connectivity index (χ2v) is 4.84. The third kappa shape index (κ3) is 3.15. The highest BCUT2D eigenvalue weighted by molar-refractivity contribution is 5.94. The summed E-state index contributed by atoms with van der Waals surface area (Å²) in [6, 6.07) is 8.67. The van der Waals surface area contributed by atoms with Crippen LogP contribution in [0.2, 0.25) is 0 Å². The second-order valence-electron chi connectivity index (χ2n) is 4.84. The molecule has 0 bridgehead atoms. The minimum absolute atomic E-state index is 0.0418. The van der Waals surface area contributed by atoms with Crippen LogP contribution in [0, 0.1) is 11.3 Å². The molecule has 2 amide bonds. The Morgan fingerprint density at radius 1 is 1.05 bits per heavy atom. The van der Waals surface area contributed by atoms with Gasteiger partial charge in [0.2, 0.25) is 5.91 Å². The summed E-state index contributed by atoms with van der Waals surface area (Å²) in [5, 5.41) is 8.75. The van der Waals surface area contributed by atoms with Crippen molar-refractivity contribution in [1.29, 1.82) is 5.26 Å². The van der Waals surface area contributed by atoms with E-state index in [0.29, 0.717) is 37.3 Å². The highest BCUT2D eigenvalue weighted by atomic mass is 16.2. The number of carbonyl (C=O) groups is 2. The molecule has 104 valence electrons. The van der Waals surface area contributed by atoms with E-state index in [0.717, 1.165) is 6.42 Å². The van der Waals surface area contributed by atoms with Gasteiger partial charge in [0.1, 0.15) is 0 Å². The molecule has 5 heteroatoms. The topological polar surface area (TPSA) is 64.4 Å². The van der Waals surface area contributed by atoms with Crippen LogP contribution in [0.3, 0.4) is 0 Å². The average molecular weight is 271 g/mol. The Morgan fingerprint density at radius 2 is 1.65 bits per heavy atom. The number of benzene rings is 1. The van der Waals surface area contributed by atoms with E-state index in [1.54, 1.807) is 41.0 Å². The summed E-state index contributed by atoms with van der Waals surface area (Å²) in [7, 11) is 0. The molecule has 20 heavy (non-hydrogen) atoms. The van der Waals surface area contributed by atoms with E-state index >= 15 is 0 Å². The Labute approximate surface area is 118 Å². The standard InChI is InChI=1S/C15H17N3O2/c1-12(19)17-7-2-8-18(10-9-17)15(20)14-5-3-13(11-16)4-6-14/h3-6H,2,7-10H2,1H3. The number of rotatable bonds is 1. The maximum Gasteiger partial charge on any atom is 0.253 e. The summed E-state index contributed by atoms with van der Waals surface area (Å²) in [6.45, 7) is 4.04. The van der Waals surface area contributed by atoms with Gasteiger partial charge in [-0.15, -0.1) is 0 Å². The van der Waals surface area contributed by atoms with E-state index in [1.165, 1.54) is 0 Å². The number of nitriles is 1. The molecule has 1 aliphatic heterocycles. The highest BCUT2D eigenvalue weighted by Gasteiger charge is 2.21. The molecule has 1 aromatic rings. The Morgan fingerprint density at radius 3 is 2.25 bits per heavy atom. The first-order valence-corrected chi connectivity index (χ1v) is 6.67. The monoisotopic (exact) mass is 271 g/mol. The Bertz CT molecular complexity index is 545. The minimum Gasteiger partial charge on any atom is -0.341 e. The van der Waals surface area contributed by atoms with E-state index in [2.05, 4.69) is 0 Å². The molecule has 5 nitrogen and oxygen atoms in total. The van der Waals surface area contributed by atoms with Crippen molar-refractivity contribution in [2.75, 3.05) is 26.2 Å². The largest absolute Gasteiger partial charge is 0.341 e. The maximum absolute atomic E-state index is 12.4. The molecule has 0 radical (unpaired) electrons. The molecule has 1 heterocycles. The van der Waals surface area contributed by atoms with Crippen molar-refractivity contribution in [2.45, 2.75) is 13.3 Å². The van der Waals surface area contributed by atoms with E-state index in [9.17, 15) is 9.59 Å². The maximum atomic E-state index is 12.4. The summed E-state index contributed by atoms with van der Waals surface area (Å²) in [5.74, 6) is 0.0116. The molecular formula is C15H17N3O2. The number of nitrogens with zero attached hydrogens (tertiary/aromatic N) is 3. The minimum atomic E-state index is -0.0418. The van der Waals surface area contributed by atoms with Crippen LogP contribution in [0.1, 0.15) is 29.3 Å². The van der Waals surface area contributed by atoms with Crippen molar-refractivity contribution in [3.63, 3.8) is 0 Å². The van der Waals surface area contributed by atoms with Crippen molar-refractivity contribution in [3.05, 3.63) is 35.4 Å². The molecule has 0 atom stereocenters. The molecule has 1 aromatic carbocycles. The zero-order valence-corrected chi connectivity index (χ0v) is 11.5. The average Bonchev–Trinajstić information content (AvgIpc) is 2.72. The Balaban J connectivity index is 2.05. The summed E-state index contributed by atoms with van der Waals surface area (Å²) in [4.78, 5) is 27.3. The van der Waals surface area contributed by atoms with Crippen molar-refractivity contribution >= 4 is 11.8 Å². The lowest BCUT2D eigenvalue weighted by atomic mass is 10.1. The van der Waals surface area contributed by atoms with E-state index < -0.39 is 0 Å². The van der Waals surface area contributed by atoms with Crippen LogP contribution in [0.5, 0.6) is 0 Å². The van der Waals surface area contributed by atoms with Crippen molar-refractivity contribution in [1.82, 2.24) is 9.80 Å². The molecular weight excluding hydrogens is 254 g/mol. The van der Waals surface area contributed by atoms with E-state index in [-0.39, 0.29) is 11.8 Å². The zero-order chi connectivity index (χ0) is 14.5.